The summed E-state index contributed by atoms with van der Waals surface area (Å²) in [4.78, 5) is 16.2. The van der Waals surface area contributed by atoms with Crippen LogP contribution in [0.4, 0.5) is 0 Å². The number of likely N-dealkylation sites (tertiary alicyclic amines) is 1. The van der Waals surface area contributed by atoms with Crippen LogP contribution in [-0.4, -0.2) is 37.3 Å². The van der Waals surface area contributed by atoms with Crippen molar-refractivity contribution in [1.82, 2.24) is 4.90 Å². The van der Waals surface area contributed by atoms with Crippen LogP contribution in [0, 0.1) is 5.92 Å². The van der Waals surface area contributed by atoms with Gasteiger partial charge in [0.25, 0.3) is 5.91 Å². The van der Waals surface area contributed by atoms with Crippen LogP contribution in [-0.2, 0) is 9.84 Å². The molecule has 1 unspecified atom stereocenters. The Morgan fingerprint density at radius 1 is 1.08 bits per heavy atom. The summed E-state index contributed by atoms with van der Waals surface area (Å²) in [7, 11) is -2.84. The van der Waals surface area contributed by atoms with Gasteiger partial charge in [-0.3, -0.25) is 4.79 Å². The van der Waals surface area contributed by atoms with Gasteiger partial charge in [-0.15, -0.1) is 11.3 Å². The van der Waals surface area contributed by atoms with Crippen LogP contribution < -0.4 is 0 Å². The third-order valence-electron chi connectivity index (χ3n) is 5.84. The molecule has 1 aromatic heterocycles. The summed E-state index contributed by atoms with van der Waals surface area (Å²) in [5, 5.41) is 1.97. The van der Waals surface area contributed by atoms with Crippen molar-refractivity contribution in [2.24, 2.45) is 5.92 Å². The van der Waals surface area contributed by atoms with E-state index in [4.69, 9.17) is 0 Å². The summed E-state index contributed by atoms with van der Waals surface area (Å²) in [5.41, 5.74) is 2.03. The molecular weight excluding hydrogens is 354 g/mol. The Hall–Kier alpha value is -1.14. The zero-order valence-electron chi connectivity index (χ0n) is 14.4. The predicted octanol–water partition coefficient (Wildman–Crippen LogP) is 3.96. The van der Waals surface area contributed by atoms with E-state index in [1.54, 1.807) is 11.3 Å². The highest BCUT2D eigenvalue weighted by Crippen LogP contribution is 2.37. The van der Waals surface area contributed by atoms with Crippen LogP contribution >= 0.6 is 11.3 Å². The SMILES string of the molecule is O=C(c1csc(C2CCS(=O)(=O)CC2)c1)N1CCCC2CCCC=C21. The number of hydrogen-bond acceptors (Lipinski definition) is 4. The summed E-state index contributed by atoms with van der Waals surface area (Å²) >= 11 is 1.62. The van der Waals surface area contributed by atoms with Crippen LogP contribution in [0.2, 0.25) is 0 Å². The standard InChI is InChI=1S/C19H25NO3S2/c21-19(20-9-3-5-14-4-1-2-6-17(14)20)16-12-18(24-13-16)15-7-10-25(22,23)11-8-15/h6,12-15H,1-5,7-11H2. The van der Waals surface area contributed by atoms with Crippen molar-refractivity contribution in [3.63, 3.8) is 0 Å². The van der Waals surface area contributed by atoms with Crippen LogP contribution in [0.25, 0.3) is 0 Å². The second-order valence-corrected chi connectivity index (χ2v) is 10.8. The average Bonchev–Trinajstić information content (AvgIpc) is 3.10. The molecule has 1 amide bonds. The molecule has 3 heterocycles. The van der Waals surface area contributed by atoms with E-state index in [1.165, 1.54) is 29.8 Å². The molecule has 25 heavy (non-hydrogen) atoms. The molecule has 1 atom stereocenters. The van der Waals surface area contributed by atoms with Crippen molar-refractivity contribution >= 4 is 27.1 Å². The summed E-state index contributed by atoms with van der Waals surface area (Å²) in [6, 6.07) is 2.02. The molecule has 1 aliphatic carbocycles. The lowest BCUT2D eigenvalue weighted by molar-refractivity contribution is 0.0749. The van der Waals surface area contributed by atoms with Gasteiger partial charge in [-0.25, -0.2) is 8.42 Å². The molecule has 0 aromatic carbocycles. The maximum Gasteiger partial charge on any atom is 0.258 e. The number of hydrogen-bond donors (Lipinski definition) is 0. The number of allylic oxidation sites excluding steroid dienone is 2. The van der Waals surface area contributed by atoms with Crippen LogP contribution in [0.3, 0.4) is 0 Å². The smallest absolute Gasteiger partial charge is 0.258 e. The van der Waals surface area contributed by atoms with Gasteiger partial charge in [0.05, 0.1) is 17.1 Å². The second-order valence-electron chi connectivity index (χ2n) is 7.52. The number of piperidine rings is 1. The summed E-state index contributed by atoms with van der Waals surface area (Å²) in [6.07, 6.45) is 9.48. The first-order chi connectivity index (χ1) is 12.0. The number of fused-ring (bicyclic) bond motifs is 1. The maximum absolute atomic E-state index is 13.0. The molecule has 0 radical (unpaired) electrons. The van der Waals surface area contributed by atoms with Crippen molar-refractivity contribution in [3.05, 3.63) is 33.7 Å². The van der Waals surface area contributed by atoms with E-state index in [-0.39, 0.29) is 23.3 Å². The number of amides is 1. The number of sulfone groups is 1. The third-order valence-corrected chi connectivity index (χ3v) is 8.65. The normalized spacial score (nSPS) is 26.8. The molecule has 0 N–H and O–H groups in total. The molecule has 1 aromatic rings. The van der Waals surface area contributed by atoms with Gasteiger partial charge in [-0.2, -0.15) is 0 Å². The van der Waals surface area contributed by atoms with Gasteiger partial charge in [0, 0.05) is 22.5 Å². The van der Waals surface area contributed by atoms with E-state index in [0.29, 0.717) is 18.8 Å². The minimum atomic E-state index is -2.84. The van der Waals surface area contributed by atoms with Gasteiger partial charge in [-0.05, 0) is 62.8 Å². The van der Waals surface area contributed by atoms with E-state index in [9.17, 15) is 13.2 Å². The molecule has 0 spiro atoms. The molecule has 3 aliphatic rings. The van der Waals surface area contributed by atoms with E-state index in [0.717, 1.165) is 24.9 Å². The highest BCUT2D eigenvalue weighted by Gasteiger charge is 2.32. The molecule has 136 valence electrons. The maximum atomic E-state index is 13.0. The fourth-order valence-corrected chi connectivity index (χ4v) is 6.95. The number of carbonyl (C=O) groups excluding carboxylic acids is 1. The van der Waals surface area contributed by atoms with Gasteiger partial charge in [0.1, 0.15) is 9.84 Å². The number of nitrogens with zero attached hydrogens (tertiary/aromatic N) is 1. The van der Waals surface area contributed by atoms with E-state index < -0.39 is 9.84 Å². The van der Waals surface area contributed by atoms with Crippen molar-refractivity contribution < 1.29 is 13.2 Å². The second kappa shape index (κ2) is 6.88. The van der Waals surface area contributed by atoms with Crippen molar-refractivity contribution in [2.75, 3.05) is 18.1 Å². The number of thiophene rings is 1. The van der Waals surface area contributed by atoms with Gasteiger partial charge in [0.15, 0.2) is 0 Å². The zero-order valence-corrected chi connectivity index (χ0v) is 16.1. The lowest BCUT2D eigenvalue weighted by Crippen LogP contribution is -2.38. The highest BCUT2D eigenvalue weighted by atomic mass is 32.2. The number of rotatable bonds is 2. The Morgan fingerprint density at radius 3 is 2.64 bits per heavy atom. The molecule has 6 heteroatoms. The highest BCUT2D eigenvalue weighted by molar-refractivity contribution is 7.91. The Bertz CT molecular complexity index is 779. The Labute approximate surface area is 153 Å². The predicted molar refractivity (Wildman–Crippen MR) is 101 cm³/mol. The Morgan fingerprint density at radius 2 is 1.84 bits per heavy atom. The van der Waals surface area contributed by atoms with Crippen LogP contribution in [0.5, 0.6) is 0 Å². The van der Waals surface area contributed by atoms with E-state index in [1.807, 2.05) is 16.3 Å². The third kappa shape index (κ3) is 3.56. The van der Waals surface area contributed by atoms with E-state index >= 15 is 0 Å². The monoisotopic (exact) mass is 379 g/mol. The Balaban J connectivity index is 1.50. The average molecular weight is 380 g/mol. The molecule has 2 fully saturated rings. The fraction of sp³-hybridized carbons (Fsp3) is 0.632. The van der Waals surface area contributed by atoms with Crippen LogP contribution in [0.1, 0.15) is 66.1 Å². The topological polar surface area (TPSA) is 54.5 Å². The lowest BCUT2D eigenvalue weighted by Gasteiger charge is -2.37. The molecule has 0 bridgehead atoms. The van der Waals surface area contributed by atoms with Crippen molar-refractivity contribution in [1.29, 1.82) is 0 Å². The minimum absolute atomic E-state index is 0.129. The van der Waals surface area contributed by atoms with Crippen LogP contribution in [0.15, 0.2) is 23.2 Å². The van der Waals surface area contributed by atoms with Gasteiger partial charge >= 0.3 is 0 Å². The Kier molecular flexibility index (Phi) is 4.75. The summed E-state index contributed by atoms with van der Waals surface area (Å²) in [6.45, 7) is 0.827. The molecule has 0 saturated carbocycles. The molecule has 4 rings (SSSR count). The minimum Gasteiger partial charge on any atom is -0.312 e. The summed E-state index contributed by atoms with van der Waals surface area (Å²) < 4.78 is 23.2. The lowest BCUT2D eigenvalue weighted by atomic mass is 9.84. The first kappa shape index (κ1) is 17.3. The fourth-order valence-electron chi connectivity index (χ4n) is 4.40. The number of carbonyl (C=O) groups is 1. The first-order valence-electron chi connectivity index (χ1n) is 9.34. The molecule has 4 nitrogen and oxygen atoms in total. The molecule has 2 saturated heterocycles. The van der Waals surface area contributed by atoms with Crippen molar-refractivity contribution in [2.45, 2.75) is 50.9 Å². The van der Waals surface area contributed by atoms with Gasteiger partial charge in [-0.1, -0.05) is 6.08 Å². The zero-order chi connectivity index (χ0) is 17.4. The molecular formula is C19H25NO3S2. The largest absolute Gasteiger partial charge is 0.312 e. The van der Waals surface area contributed by atoms with Gasteiger partial charge in [0.2, 0.25) is 0 Å². The van der Waals surface area contributed by atoms with Gasteiger partial charge < -0.3 is 4.90 Å². The first-order valence-corrected chi connectivity index (χ1v) is 12.0. The van der Waals surface area contributed by atoms with E-state index in [2.05, 4.69) is 6.08 Å². The quantitative estimate of drug-likeness (QED) is 0.781. The van der Waals surface area contributed by atoms with Crippen molar-refractivity contribution in [3.8, 4) is 0 Å². The summed E-state index contributed by atoms with van der Waals surface area (Å²) in [5.74, 6) is 1.54. The molecule has 2 aliphatic heterocycles.